The number of rotatable bonds is 4. The lowest BCUT2D eigenvalue weighted by atomic mass is 9.89. The zero-order valence-electron chi connectivity index (χ0n) is 19.1. The number of carbonyl (C=O) groups is 1. The summed E-state index contributed by atoms with van der Waals surface area (Å²) in [6.07, 6.45) is 1.26. The Bertz CT molecular complexity index is 1240. The normalized spacial score (nSPS) is 23.1. The van der Waals surface area contributed by atoms with Gasteiger partial charge in [0, 0.05) is 38.0 Å². The van der Waals surface area contributed by atoms with Crippen LogP contribution in [-0.4, -0.2) is 48.4 Å². The predicted octanol–water partition coefficient (Wildman–Crippen LogP) is 4.59. The largest absolute Gasteiger partial charge is 0.438 e. The van der Waals surface area contributed by atoms with E-state index in [9.17, 15) is 18.0 Å². The molecule has 3 aromatic heterocycles. The molecule has 0 bridgehead atoms. The smallest absolute Gasteiger partial charge is 0.393 e. The van der Waals surface area contributed by atoms with Gasteiger partial charge >= 0.3 is 6.18 Å². The number of nitrogens with two attached hydrogens (primary N) is 1. The van der Waals surface area contributed by atoms with Crippen LogP contribution in [0.5, 0.6) is 0 Å². The van der Waals surface area contributed by atoms with Crippen molar-refractivity contribution in [3.8, 4) is 0 Å². The number of ether oxygens (including phenoxy) is 1. The molecule has 2 aliphatic rings. The first kappa shape index (κ1) is 23.4. The average Bonchev–Trinajstić information content (AvgIpc) is 3.45. The molecule has 5 heterocycles. The van der Waals surface area contributed by atoms with Gasteiger partial charge in [0.1, 0.15) is 11.1 Å². The summed E-state index contributed by atoms with van der Waals surface area (Å²) in [5, 5.41) is 2.76. The molecule has 8 nitrogen and oxygen atoms in total. The number of carbonyl (C=O) groups excluding carboxylic acids is 1. The number of hydrogen-bond acceptors (Lipinski definition) is 7. The summed E-state index contributed by atoms with van der Waals surface area (Å²) in [7, 11) is 0. The maximum absolute atomic E-state index is 13.5. The summed E-state index contributed by atoms with van der Waals surface area (Å²) >= 11 is 0. The van der Waals surface area contributed by atoms with Crippen LogP contribution in [0.3, 0.4) is 0 Å². The van der Waals surface area contributed by atoms with Crippen LogP contribution in [0, 0.1) is 11.8 Å². The first-order valence-electron chi connectivity index (χ1n) is 11.5. The Hall–Kier alpha value is -3.34. The zero-order chi connectivity index (χ0) is 24.7. The van der Waals surface area contributed by atoms with Crippen molar-refractivity contribution >= 4 is 34.3 Å². The van der Waals surface area contributed by atoms with Crippen molar-refractivity contribution in [3.05, 3.63) is 41.9 Å². The number of fused-ring (bicyclic) bond motifs is 1. The molecule has 2 aliphatic heterocycles. The molecule has 0 aliphatic carbocycles. The van der Waals surface area contributed by atoms with Gasteiger partial charge in [-0.2, -0.15) is 13.2 Å². The summed E-state index contributed by atoms with van der Waals surface area (Å²) in [5.41, 5.74) is 8.52. The van der Waals surface area contributed by atoms with Crippen LogP contribution in [0.2, 0.25) is 0 Å². The molecule has 35 heavy (non-hydrogen) atoms. The number of amides is 1. The van der Waals surface area contributed by atoms with E-state index in [1.807, 2.05) is 6.07 Å². The number of nitrogen functional groups attached to an aromatic ring is 1. The third-order valence-corrected chi connectivity index (χ3v) is 6.71. The van der Waals surface area contributed by atoms with E-state index in [1.54, 1.807) is 24.1 Å². The van der Waals surface area contributed by atoms with E-state index in [2.05, 4.69) is 15.3 Å². The van der Waals surface area contributed by atoms with Crippen LogP contribution in [0.15, 0.2) is 35.1 Å². The molecule has 0 radical (unpaired) electrons. The Morgan fingerprint density at radius 1 is 1.29 bits per heavy atom. The second-order valence-corrected chi connectivity index (χ2v) is 9.35. The molecule has 5 rings (SSSR count). The number of furan rings is 1. The predicted molar refractivity (Wildman–Crippen MR) is 124 cm³/mol. The molecule has 3 N–H and O–H groups in total. The number of nitrogens with one attached hydrogen (secondary N) is 1. The van der Waals surface area contributed by atoms with E-state index in [4.69, 9.17) is 14.9 Å². The molecule has 186 valence electrons. The van der Waals surface area contributed by atoms with Crippen LogP contribution < -0.4 is 16.0 Å². The van der Waals surface area contributed by atoms with Crippen molar-refractivity contribution in [2.24, 2.45) is 11.8 Å². The molecule has 2 fully saturated rings. The van der Waals surface area contributed by atoms with Crippen molar-refractivity contribution in [1.29, 1.82) is 0 Å². The number of aromatic nitrogens is 2. The Morgan fingerprint density at radius 3 is 2.86 bits per heavy atom. The highest BCUT2D eigenvalue weighted by Gasteiger charge is 2.44. The Labute approximate surface area is 199 Å². The van der Waals surface area contributed by atoms with Gasteiger partial charge in [-0.25, -0.2) is 0 Å². The maximum Gasteiger partial charge on any atom is 0.393 e. The lowest BCUT2D eigenvalue weighted by Gasteiger charge is -2.39. The summed E-state index contributed by atoms with van der Waals surface area (Å²) in [6, 6.07) is 3.42. The highest BCUT2D eigenvalue weighted by molar-refractivity contribution is 6.15. The number of nitrogens with zero attached hydrogens (tertiary/aromatic N) is 3. The molecular weight excluding hydrogens is 463 g/mol. The van der Waals surface area contributed by atoms with E-state index in [1.165, 1.54) is 12.4 Å². The van der Waals surface area contributed by atoms with Gasteiger partial charge in [-0.15, -0.1) is 0 Å². The number of anilines is 3. The van der Waals surface area contributed by atoms with E-state index < -0.39 is 18.0 Å². The lowest BCUT2D eigenvalue weighted by Crippen LogP contribution is -2.45. The van der Waals surface area contributed by atoms with E-state index in [0.717, 1.165) is 12.0 Å². The van der Waals surface area contributed by atoms with Gasteiger partial charge in [-0.3, -0.25) is 14.8 Å². The quantitative estimate of drug-likeness (QED) is 0.552. The maximum atomic E-state index is 13.5. The van der Waals surface area contributed by atoms with E-state index >= 15 is 0 Å². The number of piperidine rings is 1. The fraction of sp³-hybridized carbons (Fsp3) is 0.458. The fourth-order valence-electron chi connectivity index (χ4n) is 4.98. The average molecular weight is 489 g/mol. The van der Waals surface area contributed by atoms with E-state index in [-0.39, 0.29) is 36.2 Å². The molecule has 11 heteroatoms. The van der Waals surface area contributed by atoms with Crippen molar-refractivity contribution in [3.63, 3.8) is 0 Å². The van der Waals surface area contributed by atoms with Gasteiger partial charge < -0.3 is 25.1 Å². The van der Waals surface area contributed by atoms with Crippen molar-refractivity contribution < 1.29 is 27.1 Å². The van der Waals surface area contributed by atoms with E-state index in [0.29, 0.717) is 42.2 Å². The Morgan fingerprint density at radius 2 is 2.11 bits per heavy atom. The van der Waals surface area contributed by atoms with Gasteiger partial charge in [0.05, 0.1) is 30.1 Å². The zero-order valence-corrected chi connectivity index (χ0v) is 19.1. The molecular formula is C24H26F3N5O3. The summed E-state index contributed by atoms with van der Waals surface area (Å²) in [6.45, 7) is 3.33. The molecule has 1 unspecified atom stereocenters. The first-order valence-corrected chi connectivity index (χ1v) is 11.5. The van der Waals surface area contributed by atoms with Crippen molar-refractivity contribution in [2.75, 3.05) is 42.3 Å². The number of halogens is 3. The topological polar surface area (TPSA) is 107 Å². The fourth-order valence-corrected chi connectivity index (χ4v) is 4.98. The first-order chi connectivity index (χ1) is 16.7. The second-order valence-electron chi connectivity index (χ2n) is 9.35. The summed E-state index contributed by atoms with van der Waals surface area (Å²) < 4.78 is 51.5. The molecule has 0 spiro atoms. The highest BCUT2D eigenvalue weighted by Crippen LogP contribution is 2.39. The summed E-state index contributed by atoms with van der Waals surface area (Å²) in [4.78, 5) is 23.4. The minimum absolute atomic E-state index is 0.0733. The lowest BCUT2D eigenvalue weighted by molar-refractivity contribution is -0.178. The van der Waals surface area contributed by atoms with Crippen LogP contribution in [-0.2, 0) is 4.74 Å². The SMILES string of the molecule is C[C@H]1C[C@@H](C(F)(F)F)CN(c2ccncc2NC(=O)c2c(N)oc3cc(C4CCOC4)cnc23)C1. The number of alkyl halides is 3. The third-order valence-electron chi connectivity index (χ3n) is 6.71. The van der Waals surface area contributed by atoms with Crippen LogP contribution in [0.4, 0.5) is 30.4 Å². The van der Waals surface area contributed by atoms with Crippen LogP contribution >= 0.6 is 0 Å². The Balaban J connectivity index is 1.41. The molecule has 1 amide bonds. The number of pyridine rings is 2. The molecule has 3 atom stereocenters. The van der Waals surface area contributed by atoms with Gasteiger partial charge in [-0.05, 0) is 36.5 Å². The number of hydrogen-bond donors (Lipinski definition) is 2. The molecule has 0 saturated carbocycles. The van der Waals surface area contributed by atoms with Crippen molar-refractivity contribution in [2.45, 2.75) is 31.9 Å². The highest BCUT2D eigenvalue weighted by atomic mass is 19.4. The van der Waals surface area contributed by atoms with Crippen LogP contribution in [0.25, 0.3) is 11.1 Å². The van der Waals surface area contributed by atoms with Gasteiger partial charge in [-0.1, -0.05) is 6.92 Å². The van der Waals surface area contributed by atoms with Gasteiger partial charge in [0.15, 0.2) is 5.58 Å². The third kappa shape index (κ3) is 4.64. The monoisotopic (exact) mass is 489 g/mol. The molecule has 2 saturated heterocycles. The van der Waals surface area contributed by atoms with Crippen molar-refractivity contribution in [1.82, 2.24) is 9.97 Å². The summed E-state index contributed by atoms with van der Waals surface area (Å²) in [5.74, 6) is -2.05. The van der Waals surface area contributed by atoms with Gasteiger partial charge in [0.25, 0.3) is 5.91 Å². The van der Waals surface area contributed by atoms with Gasteiger partial charge in [0.2, 0.25) is 5.88 Å². The molecule has 0 aromatic carbocycles. The standard InChI is InChI=1S/C24H26F3N5O3/c1-13-6-16(24(25,26)27)11-32(10-13)18-2-4-29-9-17(18)31-23(33)20-21-19(35-22(20)28)7-15(8-30-21)14-3-5-34-12-14/h2,4,7-9,13-14,16H,3,5-6,10-12,28H2,1H3,(H,31,33)/t13-,14?,16+/m0/s1. The van der Waals surface area contributed by atoms with Crippen LogP contribution in [0.1, 0.15) is 41.6 Å². The minimum Gasteiger partial charge on any atom is -0.438 e. The Kier molecular flexibility index (Phi) is 6.04. The molecule has 3 aromatic rings. The minimum atomic E-state index is -4.29. The second kappa shape index (κ2) is 9.03.